The molecule has 1 aromatic carbocycles. The van der Waals surface area contributed by atoms with Crippen LogP contribution in [-0.4, -0.2) is 23.0 Å². The van der Waals surface area contributed by atoms with E-state index in [1.165, 1.54) is 19.2 Å². The number of benzene rings is 1. The predicted molar refractivity (Wildman–Crippen MR) is 72.0 cm³/mol. The van der Waals surface area contributed by atoms with Crippen LogP contribution in [0, 0.1) is 11.7 Å². The Hall–Kier alpha value is -0.750. The van der Waals surface area contributed by atoms with E-state index in [-0.39, 0.29) is 23.3 Å². The molecule has 2 atom stereocenters. The molecule has 100 valence electrons. The second kappa shape index (κ2) is 6.99. The van der Waals surface area contributed by atoms with Gasteiger partial charge >= 0.3 is 5.97 Å². The van der Waals surface area contributed by atoms with E-state index in [2.05, 4.69) is 20.7 Å². The lowest BCUT2D eigenvalue weighted by atomic mass is 10.2. The highest BCUT2D eigenvalue weighted by Crippen LogP contribution is 2.20. The van der Waals surface area contributed by atoms with E-state index in [4.69, 9.17) is 0 Å². The van der Waals surface area contributed by atoms with Crippen molar-refractivity contribution in [3.63, 3.8) is 0 Å². The van der Waals surface area contributed by atoms with Crippen LogP contribution < -0.4 is 0 Å². The SMILES string of the molecule is COC(=O)C(C)CS(=O)Cc1ccc(F)cc1Br. The Kier molecular flexibility index (Phi) is 5.95. The summed E-state index contributed by atoms with van der Waals surface area (Å²) in [5, 5.41) is 0. The van der Waals surface area contributed by atoms with Gasteiger partial charge in [0.05, 0.1) is 13.0 Å². The molecule has 0 saturated carbocycles. The average Bonchev–Trinajstić information content (AvgIpc) is 2.31. The molecule has 0 aliphatic heterocycles. The molecule has 0 spiro atoms. The molecule has 1 aromatic rings. The van der Waals surface area contributed by atoms with Crippen molar-refractivity contribution >= 4 is 32.7 Å². The first kappa shape index (κ1) is 15.3. The number of methoxy groups -OCH3 is 1. The van der Waals surface area contributed by atoms with E-state index < -0.39 is 16.7 Å². The standard InChI is InChI=1S/C12H14BrFO3S/c1-8(12(15)17-2)6-18(16)7-9-3-4-10(14)5-11(9)13/h3-5,8H,6-7H2,1-2H3. The third-order valence-corrected chi connectivity index (χ3v) is 4.61. The second-order valence-electron chi connectivity index (χ2n) is 3.91. The van der Waals surface area contributed by atoms with Gasteiger partial charge in [0.15, 0.2) is 0 Å². The summed E-state index contributed by atoms with van der Waals surface area (Å²) in [5.74, 6) is -0.616. The zero-order chi connectivity index (χ0) is 13.7. The molecule has 0 amide bonds. The smallest absolute Gasteiger partial charge is 0.309 e. The Labute approximate surface area is 116 Å². The normalized spacial score (nSPS) is 14.0. The highest BCUT2D eigenvalue weighted by Gasteiger charge is 2.17. The van der Waals surface area contributed by atoms with Crippen LogP contribution in [0.4, 0.5) is 4.39 Å². The van der Waals surface area contributed by atoms with Crippen LogP contribution in [0.25, 0.3) is 0 Å². The first-order valence-corrected chi connectivity index (χ1v) is 7.59. The van der Waals surface area contributed by atoms with Crippen molar-refractivity contribution in [2.45, 2.75) is 12.7 Å². The molecular formula is C12H14BrFO3S. The van der Waals surface area contributed by atoms with Gasteiger partial charge in [0.1, 0.15) is 5.82 Å². The second-order valence-corrected chi connectivity index (χ2v) is 6.27. The molecule has 0 bridgehead atoms. The van der Waals surface area contributed by atoms with E-state index in [1.54, 1.807) is 13.0 Å². The number of carbonyl (C=O) groups is 1. The Balaban J connectivity index is 2.62. The largest absolute Gasteiger partial charge is 0.469 e. The quantitative estimate of drug-likeness (QED) is 0.776. The third kappa shape index (κ3) is 4.49. The van der Waals surface area contributed by atoms with Crippen molar-refractivity contribution in [3.05, 3.63) is 34.1 Å². The van der Waals surface area contributed by atoms with Gasteiger partial charge in [-0.1, -0.05) is 28.9 Å². The number of halogens is 2. The summed E-state index contributed by atoms with van der Waals surface area (Å²) in [6.45, 7) is 1.67. The highest BCUT2D eigenvalue weighted by molar-refractivity contribution is 9.10. The van der Waals surface area contributed by atoms with E-state index in [0.717, 1.165) is 5.56 Å². The van der Waals surface area contributed by atoms with Gasteiger partial charge in [-0.05, 0) is 17.7 Å². The molecule has 0 N–H and O–H groups in total. The minimum absolute atomic E-state index is 0.233. The van der Waals surface area contributed by atoms with Crippen molar-refractivity contribution in [1.82, 2.24) is 0 Å². The van der Waals surface area contributed by atoms with E-state index in [0.29, 0.717) is 4.47 Å². The van der Waals surface area contributed by atoms with Crippen LogP contribution in [0.3, 0.4) is 0 Å². The van der Waals surface area contributed by atoms with Crippen molar-refractivity contribution < 1.29 is 18.1 Å². The van der Waals surface area contributed by atoms with Gasteiger partial charge < -0.3 is 4.74 Å². The Morgan fingerprint density at radius 1 is 1.56 bits per heavy atom. The lowest BCUT2D eigenvalue weighted by Gasteiger charge is -2.09. The van der Waals surface area contributed by atoms with Crippen LogP contribution in [0.15, 0.2) is 22.7 Å². The predicted octanol–water partition coefficient (Wildman–Crippen LogP) is 2.65. The van der Waals surface area contributed by atoms with Crippen molar-refractivity contribution in [2.75, 3.05) is 12.9 Å². The fourth-order valence-electron chi connectivity index (χ4n) is 1.42. The van der Waals surface area contributed by atoms with E-state index in [9.17, 15) is 13.4 Å². The molecule has 18 heavy (non-hydrogen) atoms. The van der Waals surface area contributed by atoms with Crippen LogP contribution in [-0.2, 0) is 26.1 Å². The van der Waals surface area contributed by atoms with Gasteiger partial charge in [-0.3, -0.25) is 9.00 Å². The minimum atomic E-state index is -1.19. The van der Waals surface area contributed by atoms with Crippen LogP contribution >= 0.6 is 15.9 Å². The molecule has 0 fully saturated rings. The topological polar surface area (TPSA) is 43.4 Å². The summed E-state index contributed by atoms with van der Waals surface area (Å²) in [6, 6.07) is 4.23. The number of esters is 1. The van der Waals surface area contributed by atoms with Gasteiger partial charge in [-0.25, -0.2) is 4.39 Å². The van der Waals surface area contributed by atoms with Crippen LogP contribution in [0.5, 0.6) is 0 Å². The maximum absolute atomic E-state index is 12.9. The maximum Gasteiger partial charge on any atom is 0.309 e. The first-order chi connectivity index (χ1) is 8.43. The number of rotatable bonds is 5. The van der Waals surface area contributed by atoms with Crippen LogP contribution in [0.2, 0.25) is 0 Å². The third-order valence-electron chi connectivity index (χ3n) is 2.37. The lowest BCUT2D eigenvalue weighted by Crippen LogP contribution is -2.20. The summed E-state index contributed by atoms with van der Waals surface area (Å²) in [5.41, 5.74) is 0.756. The van der Waals surface area contributed by atoms with Crippen molar-refractivity contribution in [3.8, 4) is 0 Å². The van der Waals surface area contributed by atoms with E-state index >= 15 is 0 Å². The zero-order valence-electron chi connectivity index (χ0n) is 10.1. The number of carbonyl (C=O) groups excluding carboxylic acids is 1. The maximum atomic E-state index is 12.9. The minimum Gasteiger partial charge on any atom is -0.469 e. The molecule has 0 radical (unpaired) electrons. The molecule has 0 heterocycles. The molecule has 1 rings (SSSR count). The summed E-state index contributed by atoms with van der Waals surface area (Å²) in [6.07, 6.45) is 0. The Morgan fingerprint density at radius 2 is 2.22 bits per heavy atom. The van der Waals surface area contributed by atoms with Crippen LogP contribution in [0.1, 0.15) is 12.5 Å². The number of hydrogen-bond acceptors (Lipinski definition) is 3. The van der Waals surface area contributed by atoms with Gasteiger partial charge in [-0.2, -0.15) is 0 Å². The molecule has 0 aliphatic rings. The average molecular weight is 337 g/mol. The molecule has 2 unspecified atom stereocenters. The Bertz CT molecular complexity index is 465. The summed E-state index contributed by atoms with van der Waals surface area (Å²) < 4.78 is 29.9. The molecule has 3 nitrogen and oxygen atoms in total. The zero-order valence-corrected chi connectivity index (χ0v) is 12.5. The summed E-state index contributed by atoms with van der Waals surface area (Å²) in [7, 11) is 0.110. The first-order valence-electron chi connectivity index (χ1n) is 5.30. The fourth-order valence-corrected chi connectivity index (χ4v) is 3.51. The van der Waals surface area contributed by atoms with Gasteiger partial charge in [0.25, 0.3) is 0 Å². The Morgan fingerprint density at radius 3 is 2.78 bits per heavy atom. The van der Waals surface area contributed by atoms with E-state index in [1.807, 2.05) is 0 Å². The van der Waals surface area contributed by atoms with Crippen molar-refractivity contribution in [1.29, 1.82) is 0 Å². The molecule has 0 aliphatic carbocycles. The van der Waals surface area contributed by atoms with Gasteiger partial charge in [-0.15, -0.1) is 0 Å². The number of ether oxygens (including phenoxy) is 1. The highest BCUT2D eigenvalue weighted by atomic mass is 79.9. The summed E-state index contributed by atoms with van der Waals surface area (Å²) in [4.78, 5) is 11.2. The van der Waals surface area contributed by atoms with Gasteiger partial charge in [0, 0.05) is 26.8 Å². The van der Waals surface area contributed by atoms with Crippen molar-refractivity contribution in [2.24, 2.45) is 5.92 Å². The lowest BCUT2D eigenvalue weighted by molar-refractivity contribution is -0.144. The summed E-state index contributed by atoms with van der Waals surface area (Å²) >= 11 is 3.22. The molecule has 0 saturated heterocycles. The molecular weight excluding hydrogens is 323 g/mol. The molecule has 0 aromatic heterocycles. The molecule has 6 heteroatoms. The monoisotopic (exact) mass is 336 g/mol. The fraction of sp³-hybridized carbons (Fsp3) is 0.417. The van der Waals surface area contributed by atoms with Gasteiger partial charge in [0.2, 0.25) is 0 Å². The number of hydrogen-bond donors (Lipinski definition) is 0.